The maximum Gasteiger partial charge on any atom is 0.296 e. The Morgan fingerprint density at radius 1 is 1.00 bits per heavy atom. The van der Waals surface area contributed by atoms with E-state index in [0.717, 1.165) is 5.56 Å². The molecule has 0 heterocycles. The summed E-state index contributed by atoms with van der Waals surface area (Å²) in [5.74, 6) is -1.44. The maximum atomic E-state index is 12.4. The van der Waals surface area contributed by atoms with E-state index < -0.39 is 11.7 Å². The van der Waals surface area contributed by atoms with Crippen LogP contribution in [0.3, 0.4) is 0 Å². The van der Waals surface area contributed by atoms with Gasteiger partial charge in [-0.1, -0.05) is 53.0 Å². The van der Waals surface area contributed by atoms with Crippen molar-refractivity contribution >= 4 is 57.8 Å². The number of nitrogens with one attached hydrogen (secondary N) is 1. The number of para-hydroxylation sites is 1. The van der Waals surface area contributed by atoms with E-state index in [1.165, 1.54) is 0 Å². The Balaban J connectivity index is 1.85. The molecule has 1 amide bonds. The van der Waals surface area contributed by atoms with E-state index in [4.69, 9.17) is 34.8 Å². The van der Waals surface area contributed by atoms with E-state index in [-0.39, 0.29) is 15.7 Å². The summed E-state index contributed by atoms with van der Waals surface area (Å²) in [6.45, 7) is 0. The molecule has 0 spiro atoms. The SMILES string of the molecule is O=C(Nc1c(Cl)cccc1Cl)C(=O)C1=CCc2ccc(Cl)cc21. The fourth-order valence-corrected chi connectivity index (χ4v) is 3.09. The lowest BCUT2D eigenvalue weighted by molar-refractivity contribution is -0.131. The molecule has 0 fully saturated rings. The topological polar surface area (TPSA) is 46.2 Å². The van der Waals surface area contributed by atoms with Crippen molar-refractivity contribution in [3.8, 4) is 0 Å². The molecule has 6 heteroatoms. The van der Waals surface area contributed by atoms with Crippen LogP contribution >= 0.6 is 34.8 Å². The molecule has 2 aromatic rings. The Bertz CT molecular complexity index is 839. The van der Waals surface area contributed by atoms with E-state index in [9.17, 15) is 9.59 Å². The average molecular weight is 367 g/mol. The Morgan fingerprint density at radius 2 is 1.70 bits per heavy atom. The fraction of sp³-hybridized carbons (Fsp3) is 0.0588. The Kier molecular flexibility index (Phi) is 4.44. The molecule has 0 bridgehead atoms. The summed E-state index contributed by atoms with van der Waals surface area (Å²) in [6.07, 6.45) is 2.31. The number of allylic oxidation sites excluding steroid dienone is 1. The van der Waals surface area contributed by atoms with Crippen LogP contribution in [0.4, 0.5) is 5.69 Å². The van der Waals surface area contributed by atoms with Crippen LogP contribution < -0.4 is 5.32 Å². The molecule has 1 aliphatic rings. The highest BCUT2D eigenvalue weighted by Crippen LogP contribution is 2.32. The van der Waals surface area contributed by atoms with Crippen LogP contribution in [-0.2, 0) is 16.0 Å². The van der Waals surface area contributed by atoms with E-state index >= 15 is 0 Å². The Morgan fingerprint density at radius 3 is 2.39 bits per heavy atom. The van der Waals surface area contributed by atoms with Gasteiger partial charge in [-0.25, -0.2) is 0 Å². The van der Waals surface area contributed by atoms with Crippen LogP contribution in [-0.4, -0.2) is 11.7 Å². The summed E-state index contributed by atoms with van der Waals surface area (Å²) < 4.78 is 0. The molecule has 2 aromatic carbocycles. The van der Waals surface area contributed by atoms with Crippen molar-refractivity contribution in [2.24, 2.45) is 0 Å². The number of amides is 1. The van der Waals surface area contributed by atoms with Crippen LogP contribution in [0.2, 0.25) is 15.1 Å². The first-order valence-electron chi connectivity index (χ1n) is 6.76. The number of hydrogen-bond acceptors (Lipinski definition) is 2. The summed E-state index contributed by atoms with van der Waals surface area (Å²) in [5, 5.41) is 3.52. The van der Waals surface area contributed by atoms with Gasteiger partial charge < -0.3 is 5.32 Å². The van der Waals surface area contributed by atoms with Gasteiger partial charge in [-0.15, -0.1) is 0 Å². The molecular formula is C17H10Cl3NO2. The molecule has 0 unspecified atom stereocenters. The van der Waals surface area contributed by atoms with Crippen molar-refractivity contribution in [3.05, 3.63) is 68.7 Å². The minimum absolute atomic E-state index is 0.221. The fourth-order valence-electron chi connectivity index (χ4n) is 2.42. The molecule has 1 aliphatic carbocycles. The normalized spacial score (nSPS) is 12.6. The van der Waals surface area contributed by atoms with E-state index in [0.29, 0.717) is 22.6 Å². The zero-order chi connectivity index (χ0) is 16.6. The lowest BCUT2D eigenvalue weighted by atomic mass is 10.0. The number of fused-ring (bicyclic) bond motifs is 1. The van der Waals surface area contributed by atoms with Crippen molar-refractivity contribution in [2.75, 3.05) is 5.32 Å². The highest BCUT2D eigenvalue weighted by atomic mass is 35.5. The number of Topliss-reactive ketones (excluding diaryl/α,β-unsaturated/α-hetero) is 1. The number of carbonyl (C=O) groups excluding carboxylic acids is 2. The second-order valence-corrected chi connectivity index (χ2v) is 6.25. The molecule has 0 aliphatic heterocycles. The zero-order valence-corrected chi connectivity index (χ0v) is 14.0. The third kappa shape index (κ3) is 3.13. The summed E-state index contributed by atoms with van der Waals surface area (Å²) in [5.41, 5.74) is 2.20. The molecule has 116 valence electrons. The monoisotopic (exact) mass is 365 g/mol. The van der Waals surface area contributed by atoms with Gasteiger partial charge in [-0.3, -0.25) is 9.59 Å². The Labute approximate surface area is 147 Å². The molecule has 0 aromatic heterocycles. The van der Waals surface area contributed by atoms with Gasteiger partial charge in [-0.05, 0) is 41.8 Å². The lowest BCUT2D eigenvalue weighted by Crippen LogP contribution is -2.23. The zero-order valence-electron chi connectivity index (χ0n) is 11.7. The molecular weight excluding hydrogens is 357 g/mol. The van der Waals surface area contributed by atoms with Crippen LogP contribution in [0.1, 0.15) is 11.1 Å². The first-order valence-corrected chi connectivity index (χ1v) is 7.89. The number of carbonyl (C=O) groups is 2. The minimum atomic E-state index is -0.793. The van der Waals surface area contributed by atoms with Crippen molar-refractivity contribution in [1.29, 1.82) is 0 Å². The van der Waals surface area contributed by atoms with Crippen molar-refractivity contribution in [1.82, 2.24) is 0 Å². The van der Waals surface area contributed by atoms with Gasteiger partial charge in [0.1, 0.15) is 0 Å². The van der Waals surface area contributed by atoms with Gasteiger partial charge in [0.2, 0.25) is 0 Å². The quantitative estimate of drug-likeness (QED) is 0.794. The first kappa shape index (κ1) is 16.1. The predicted octanol–water partition coefficient (Wildman–Crippen LogP) is 4.79. The maximum absolute atomic E-state index is 12.4. The van der Waals surface area contributed by atoms with Gasteiger partial charge in [0, 0.05) is 10.6 Å². The van der Waals surface area contributed by atoms with Crippen molar-refractivity contribution in [2.45, 2.75) is 6.42 Å². The van der Waals surface area contributed by atoms with Gasteiger partial charge in [0.05, 0.1) is 15.7 Å². The molecule has 0 saturated heterocycles. The smallest absolute Gasteiger partial charge is 0.296 e. The Hall–Kier alpha value is -1.81. The largest absolute Gasteiger partial charge is 0.317 e. The van der Waals surface area contributed by atoms with E-state index in [1.54, 1.807) is 36.4 Å². The van der Waals surface area contributed by atoms with Crippen molar-refractivity contribution < 1.29 is 9.59 Å². The number of ketones is 1. The highest BCUT2D eigenvalue weighted by molar-refractivity contribution is 6.57. The number of hydrogen-bond donors (Lipinski definition) is 1. The number of halogens is 3. The average Bonchev–Trinajstić information content (AvgIpc) is 2.93. The molecule has 3 nitrogen and oxygen atoms in total. The van der Waals surface area contributed by atoms with Crippen molar-refractivity contribution in [3.63, 3.8) is 0 Å². The van der Waals surface area contributed by atoms with E-state index in [1.807, 2.05) is 6.07 Å². The second-order valence-electron chi connectivity index (χ2n) is 5.00. The highest BCUT2D eigenvalue weighted by Gasteiger charge is 2.26. The third-order valence-corrected chi connectivity index (χ3v) is 4.41. The van der Waals surface area contributed by atoms with Gasteiger partial charge >= 0.3 is 0 Å². The van der Waals surface area contributed by atoms with E-state index in [2.05, 4.69) is 5.32 Å². The van der Waals surface area contributed by atoms with Gasteiger partial charge in [0.25, 0.3) is 11.7 Å². The van der Waals surface area contributed by atoms with Crippen LogP contribution in [0.15, 0.2) is 42.5 Å². The summed E-state index contributed by atoms with van der Waals surface area (Å²) in [4.78, 5) is 24.7. The third-order valence-electron chi connectivity index (χ3n) is 3.54. The minimum Gasteiger partial charge on any atom is -0.317 e. The first-order chi connectivity index (χ1) is 11.0. The standard InChI is InChI=1S/C17H10Cl3NO2/c18-10-6-4-9-5-7-11(12(9)8-10)16(22)17(23)21-15-13(19)2-1-3-14(15)20/h1-4,6-8H,5H2,(H,21,23). The molecule has 0 radical (unpaired) electrons. The second kappa shape index (κ2) is 6.36. The number of rotatable bonds is 3. The van der Waals surface area contributed by atoms with Gasteiger partial charge in [-0.2, -0.15) is 0 Å². The molecule has 23 heavy (non-hydrogen) atoms. The molecule has 3 rings (SSSR count). The van der Waals surface area contributed by atoms with Crippen LogP contribution in [0.25, 0.3) is 5.57 Å². The summed E-state index contributed by atoms with van der Waals surface area (Å²) >= 11 is 18.0. The predicted molar refractivity (Wildman–Crippen MR) is 93.2 cm³/mol. The van der Waals surface area contributed by atoms with Crippen LogP contribution in [0.5, 0.6) is 0 Å². The van der Waals surface area contributed by atoms with Crippen LogP contribution in [0, 0.1) is 0 Å². The summed E-state index contributed by atoms with van der Waals surface area (Å²) in [7, 11) is 0. The lowest BCUT2D eigenvalue weighted by Gasteiger charge is -2.09. The number of benzene rings is 2. The molecule has 1 N–H and O–H groups in total. The summed E-state index contributed by atoms with van der Waals surface area (Å²) in [6, 6.07) is 10.1. The van der Waals surface area contributed by atoms with Gasteiger partial charge in [0.15, 0.2) is 0 Å². The molecule has 0 atom stereocenters. The number of anilines is 1. The molecule has 0 saturated carbocycles.